The third kappa shape index (κ3) is 1.31. The summed E-state index contributed by atoms with van der Waals surface area (Å²) in [6.07, 6.45) is 0. The minimum Gasteiger partial charge on any atom is -0.425 e. The van der Waals surface area contributed by atoms with Crippen molar-refractivity contribution in [3.8, 4) is 5.75 Å². The number of para-hydroxylation sites is 1. The largest absolute Gasteiger partial charge is 0.425 e. The summed E-state index contributed by atoms with van der Waals surface area (Å²) in [7, 11) is 0. The van der Waals surface area contributed by atoms with Crippen molar-refractivity contribution in [1.82, 2.24) is 5.32 Å². The summed E-state index contributed by atoms with van der Waals surface area (Å²) in [6.45, 7) is 0.983. The van der Waals surface area contributed by atoms with Gasteiger partial charge in [0, 0.05) is 12.1 Å². The second-order valence-electron chi connectivity index (χ2n) is 2.69. The standard InChI is InChI=1S/C9H9NO2/c11-9-6-10-5-7-3-1-2-4-8(7)12-9/h1-4,10H,5-6H2. The first-order valence-corrected chi connectivity index (χ1v) is 3.85. The van der Waals surface area contributed by atoms with Crippen LogP contribution in [-0.4, -0.2) is 12.5 Å². The summed E-state index contributed by atoms with van der Waals surface area (Å²) in [4.78, 5) is 11.0. The Hall–Kier alpha value is -1.35. The van der Waals surface area contributed by atoms with Gasteiger partial charge >= 0.3 is 5.97 Å². The van der Waals surface area contributed by atoms with Gasteiger partial charge in [0.1, 0.15) is 5.75 Å². The molecule has 0 atom stereocenters. The summed E-state index contributed by atoms with van der Waals surface area (Å²) in [6, 6.07) is 7.54. The van der Waals surface area contributed by atoms with E-state index in [1.54, 1.807) is 6.07 Å². The number of esters is 1. The molecule has 0 unspecified atom stereocenters. The first-order valence-electron chi connectivity index (χ1n) is 3.85. The molecule has 3 heteroatoms. The molecular formula is C9H9NO2. The van der Waals surface area contributed by atoms with E-state index in [1.165, 1.54) is 0 Å². The molecule has 1 aliphatic rings. The van der Waals surface area contributed by atoms with Gasteiger partial charge in [0.05, 0.1) is 6.54 Å². The third-order valence-corrected chi connectivity index (χ3v) is 1.78. The predicted octanol–water partition coefficient (Wildman–Crippen LogP) is 0.695. The number of hydrogen-bond donors (Lipinski definition) is 1. The molecule has 3 nitrogen and oxygen atoms in total. The van der Waals surface area contributed by atoms with Gasteiger partial charge in [-0.05, 0) is 6.07 Å². The Labute approximate surface area is 70.3 Å². The van der Waals surface area contributed by atoms with E-state index < -0.39 is 0 Å². The lowest BCUT2D eigenvalue weighted by Crippen LogP contribution is -2.22. The fraction of sp³-hybridized carbons (Fsp3) is 0.222. The van der Waals surface area contributed by atoms with E-state index in [2.05, 4.69) is 5.32 Å². The second-order valence-corrected chi connectivity index (χ2v) is 2.69. The molecule has 1 aliphatic heterocycles. The smallest absolute Gasteiger partial charge is 0.325 e. The minimum absolute atomic E-state index is 0.222. The predicted molar refractivity (Wildman–Crippen MR) is 43.8 cm³/mol. The van der Waals surface area contributed by atoms with E-state index in [0.717, 1.165) is 5.56 Å². The molecule has 1 N–H and O–H groups in total. The van der Waals surface area contributed by atoms with Crippen LogP contribution < -0.4 is 10.1 Å². The minimum atomic E-state index is -0.222. The highest BCUT2D eigenvalue weighted by atomic mass is 16.5. The second kappa shape index (κ2) is 2.95. The summed E-state index contributed by atoms with van der Waals surface area (Å²) >= 11 is 0. The number of hydrogen-bond acceptors (Lipinski definition) is 3. The van der Waals surface area contributed by atoms with Crippen LogP contribution >= 0.6 is 0 Å². The monoisotopic (exact) mass is 163 g/mol. The van der Waals surface area contributed by atoms with Crippen molar-refractivity contribution >= 4 is 5.97 Å². The number of benzene rings is 1. The molecule has 0 saturated carbocycles. The number of ether oxygens (including phenoxy) is 1. The van der Waals surface area contributed by atoms with E-state index in [0.29, 0.717) is 12.3 Å². The third-order valence-electron chi connectivity index (χ3n) is 1.78. The fourth-order valence-corrected chi connectivity index (χ4v) is 1.21. The first kappa shape index (κ1) is 7.31. The average Bonchev–Trinajstić information content (AvgIpc) is 2.25. The molecule has 0 amide bonds. The molecule has 0 spiro atoms. The summed E-state index contributed by atoms with van der Waals surface area (Å²) < 4.78 is 5.06. The summed E-state index contributed by atoms with van der Waals surface area (Å²) in [5, 5.41) is 2.98. The van der Waals surface area contributed by atoms with Crippen LogP contribution in [0.5, 0.6) is 5.75 Å². The number of fused-ring (bicyclic) bond motifs is 1. The molecule has 1 aromatic rings. The molecule has 62 valence electrons. The van der Waals surface area contributed by atoms with Gasteiger partial charge in [0.25, 0.3) is 0 Å². The maximum Gasteiger partial charge on any atom is 0.325 e. The zero-order valence-corrected chi connectivity index (χ0v) is 6.54. The molecule has 1 aromatic carbocycles. The average molecular weight is 163 g/mol. The molecule has 0 aromatic heterocycles. The fourth-order valence-electron chi connectivity index (χ4n) is 1.21. The number of rotatable bonds is 0. The highest BCUT2D eigenvalue weighted by molar-refractivity contribution is 5.75. The highest BCUT2D eigenvalue weighted by Crippen LogP contribution is 2.18. The molecule has 0 radical (unpaired) electrons. The van der Waals surface area contributed by atoms with E-state index >= 15 is 0 Å². The molecule has 2 rings (SSSR count). The Morgan fingerprint density at radius 3 is 3.00 bits per heavy atom. The molecule has 0 fully saturated rings. The Morgan fingerprint density at radius 2 is 2.08 bits per heavy atom. The lowest BCUT2D eigenvalue weighted by molar-refractivity contribution is -0.133. The van der Waals surface area contributed by atoms with Crippen LogP contribution in [-0.2, 0) is 11.3 Å². The van der Waals surface area contributed by atoms with Crippen molar-refractivity contribution in [2.45, 2.75) is 6.54 Å². The normalized spacial score (nSPS) is 16.2. The van der Waals surface area contributed by atoms with Crippen LogP contribution in [0.15, 0.2) is 24.3 Å². The maximum absolute atomic E-state index is 11.0. The highest BCUT2D eigenvalue weighted by Gasteiger charge is 2.12. The maximum atomic E-state index is 11.0. The van der Waals surface area contributed by atoms with Gasteiger partial charge in [-0.15, -0.1) is 0 Å². The van der Waals surface area contributed by atoms with Crippen molar-refractivity contribution in [2.75, 3.05) is 6.54 Å². The topological polar surface area (TPSA) is 38.3 Å². The van der Waals surface area contributed by atoms with Crippen molar-refractivity contribution in [3.63, 3.8) is 0 Å². The van der Waals surface area contributed by atoms with Crippen molar-refractivity contribution in [3.05, 3.63) is 29.8 Å². The summed E-state index contributed by atoms with van der Waals surface area (Å²) in [5.41, 5.74) is 1.03. The van der Waals surface area contributed by atoms with Crippen LogP contribution in [0.2, 0.25) is 0 Å². The zero-order valence-electron chi connectivity index (χ0n) is 6.54. The van der Waals surface area contributed by atoms with E-state index in [9.17, 15) is 4.79 Å². The SMILES string of the molecule is O=C1CNCc2ccccc2O1. The van der Waals surface area contributed by atoms with Crippen molar-refractivity contribution in [2.24, 2.45) is 0 Å². The Bertz CT molecular complexity index is 309. The van der Waals surface area contributed by atoms with Gasteiger partial charge < -0.3 is 10.1 Å². The number of nitrogens with one attached hydrogen (secondary N) is 1. The van der Waals surface area contributed by atoms with E-state index in [1.807, 2.05) is 18.2 Å². The van der Waals surface area contributed by atoms with Gasteiger partial charge in [-0.1, -0.05) is 18.2 Å². The molecule has 0 saturated heterocycles. The lowest BCUT2D eigenvalue weighted by atomic mass is 10.2. The first-order chi connectivity index (χ1) is 5.86. The molecule has 12 heavy (non-hydrogen) atoms. The molecule has 0 aliphatic carbocycles. The van der Waals surface area contributed by atoms with Crippen LogP contribution in [0.25, 0.3) is 0 Å². The summed E-state index contributed by atoms with van der Waals surface area (Å²) in [5.74, 6) is 0.451. The van der Waals surface area contributed by atoms with Gasteiger partial charge in [0.2, 0.25) is 0 Å². The molecular weight excluding hydrogens is 154 g/mol. The molecule has 1 heterocycles. The van der Waals surface area contributed by atoms with Gasteiger partial charge in [-0.2, -0.15) is 0 Å². The Kier molecular flexibility index (Phi) is 1.80. The quantitative estimate of drug-likeness (QED) is 0.452. The number of carbonyl (C=O) groups is 1. The Balaban J connectivity index is 2.37. The van der Waals surface area contributed by atoms with Gasteiger partial charge in [-0.25, -0.2) is 0 Å². The van der Waals surface area contributed by atoms with Crippen molar-refractivity contribution in [1.29, 1.82) is 0 Å². The van der Waals surface area contributed by atoms with Gasteiger partial charge in [0.15, 0.2) is 0 Å². The van der Waals surface area contributed by atoms with Crippen LogP contribution in [0, 0.1) is 0 Å². The van der Waals surface area contributed by atoms with Crippen molar-refractivity contribution < 1.29 is 9.53 Å². The van der Waals surface area contributed by atoms with E-state index in [-0.39, 0.29) is 12.5 Å². The zero-order chi connectivity index (χ0) is 8.39. The van der Waals surface area contributed by atoms with Crippen LogP contribution in [0.3, 0.4) is 0 Å². The Morgan fingerprint density at radius 1 is 1.25 bits per heavy atom. The van der Waals surface area contributed by atoms with Crippen LogP contribution in [0.1, 0.15) is 5.56 Å². The van der Waals surface area contributed by atoms with Crippen LogP contribution in [0.4, 0.5) is 0 Å². The molecule has 0 bridgehead atoms. The number of carbonyl (C=O) groups excluding carboxylic acids is 1. The lowest BCUT2D eigenvalue weighted by Gasteiger charge is -2.02. The van der Waals surface area contributed by atoms with E-state index in [4.69, 9.17) is 4.74 Å². The van der Waals surface area contributed by atoms with Gasteiger partial charge in [-0.3, -0.25) is 4.79 Å².